The smallest absolute Gasteiger partial charge is 0.307 e. The number of nitrogens with zero attached hydrogens (tertiary/aromatic N) is 1. The highest BCUT2D eigenvalue weighted by molar-refractivity contribution is 5.91. The Labute approximate surface area is 112 Å². The Bertz CT molecular complexity index is 517. The first-order valence-corrected chi connectivity index (χ1v) is 6.28. The fourth-order valence-electron chi connectivity index (χ4n) is 2.68. The van der Waals surface area contributed by atoms with Crippen molar-refractivity contribution in [3.05, 3.63) is 23.7 Å². The highest BCUT2D eigenvalue weighted by atomic mass is 16.4. The van der Waals surface area contributed by atoms with Gasteiger partial charge in [0.05, 0.1) is 18.4 Å². The fraction of sp³-hybridized carbons (Fsp3) is 0.571. The molecule has 5 heteroatoms. The van der Waals surface area contributed by atoms with Crippen molar-refractivity contribution in [2.24, 2.45) is 17.3 Å². The first kappa shape index (κ1) is 13.6. The quantitative estimate of drug-likeness (QED) is 0.902. The van der Waals surface area contributed by atoms with Crippen molar-refractivity contribution in [2.45, 2.75) is 27.3 Å². The second-order valence-corrected chi connectivity index (χ2v) is 5.82. The van der Waals surface area contributed by atoms with Crippen molar-refractivity contribution in [3.63, 3.8) is 0 Å². The van der Waals surface area contributed by atoms with Gasteiger partial charge in [-0.05, 0) is 24.5 Å². The zero-order valence-corrected chi connectivity index (χ0v) is 11.6. The van der Waals surface area contributed by atoms with E-state index >= 15 is 0 Å². The Morgan fingerprint density at radius 2 is 2.00 bits per heavy atom. The molecule has 2 rings (SSSR count). The van der Waals surface area contributed by atoms with Crippen LogP contribution >= 0.6 is 0 Å². The van der Waals surface area contributed by atoms with E-state index in [1.54, 1.807) is 7.05 Å². The van der Waals surface area contributed by atoms with Crippen LogP contribution in [0.3, 0.4) is 0 Å². The number of carbonyl (C=O) groups is 2. The first-order valence-electron chi connectivity index (χ1n) is 6.28. The first-order chi connectivity index (χ1) is 8.75. The molecule has 104 valence electrons. The second kappa shape index (κ2) is 4.40. The van der Waals surface area contributed by atoms with Gasteiger partial charge in [0.2, 0.25) is 5.91 Å². The van der Waals surface area contributed by atoms with Crippen LogP contribution in [0, 0.1) is 24.2 Å². The van der Waals surface area contributed by atoms with Crippen LogP contribution in [0.5, 0.6) is 0 Å². The molecule has 0 saturated heterocycles. The highest BCUT2D eigenvalue weighted by Crippen LogP contribution is 2.58. The number of carbonyl (C=O) groups excluding carboxylic acids is 1. The van der Waals surface area contributed by atoms with Gasteiger partial charge in [0, 0.05) is 7.05 Å². The Balaban J connectivity index is 2.03. The molecule has 1 heterocycles. The molecule has 1 aromatic heterocycles. The topological polar surface area (TPSA) is 70.8 Å². The maximum atomic E-state index is 12.3. The fourth-order valence-corrected chi connectivity index (χ4v) is 2.68. The standard InChI is InChI=1S/C14H19NO4/c1-8-5-6-9(19-8)7-15(4)12(16)10-11(13(17)18)14(10,2)3/h5-6,10-11H,7H2,1-4H3,(H,17,18)/t10-,11+/m1/s1. The van der Waals surface area contributed by atoms with Gasteiger partial charge in [0.15, 0.2) is 0 Å². The third kappa shape index (κ3) is 2.37. The number of aryl methyl sites for hydroxylation is 1. The number of hydrogen-bond acceptors (Lipinski definition) is 3. The normalized spacial score (nSPS) is 24.0. The Morgan fingerprint density at radius 3 is 2.42 bits per heavy atom. The molecular formula is C14H19NO4. The molecule has 0 aliphatic heterocycles. The van der Waals surface area contributed by atoms with Gasteiger partial charge >= 0.3 is 5.97 Å². The lowest BCUT2D eigenvalue weighted by atomic mass is 10.1. The van der Waals surface area contributed by atoms with Gasteiger partial charge in [0.1, 0.15) is 11.5 Å². The Hall–Kier alpha value is -1.78. The summed E-state index contributed by atoms with van der Waals surface area (Å²) in [6.07, 6.45) is 0. The lowest BCUT2D eigenvalue weighted by Crippen LogP contribution is -2.29. The molecule has 0 bridgehead atoms. The third-order valence-corrected chi connectivity index (χ3v) is 3.92. The molecule has 1 aliphatic carbocycles. The van der Waals surface area contributed by atoms with E-state index in [0.29, 0.717) is 12.3 Å². The molecule has 1 amide bonds. The average molecular weight is 265 g/mol. The van der Waals surface area contributed by atoms with Crippen molar-refractivity contribution in [2.75, 3.05) is 7.05 Å². The SMILES string of the molecule is Cc1ccc(CN(C)C(=O)[C@H]2[C@@H](C(=O)O)C2(C)C)o1. The highest BCUT2D eigenvalue weighted by Gasteiger charge is 2.66. The molecule has 0 aromatic carbocycles. The molecule has 1 aliphatic rings. The summed E-state index contributed by atoms with van der Waals surface area (Å²) in [6, 6.07) is 3.67. The minimum atomic E-state index is -0.898. The maximum Gasteiger partial charge on any atom is 0.307 e. The van der Waals surface area contributed by atoms with E-state index < -0.39 is 23.2 Å². The summed E-state index contributed by atoms with van der Waals surface area (Å²) in [7, 11) is 1.67. The summed E-state index contributed by atoms with van der Waals surface area (Å²) < 4.78 is 5.42. The number of carboxylic acid groups (broad SMARTS) is 1. The number of furan rings is 1. The van der Waals surface area contributed by atoms with E-state index in [0.717, 1.165) is 5.76 Å². The molecule has 5 nitrogen and oxygen atoms in total. The molecule has 1 fully saturated rings. The predicted octanol–water partition coefficient (Wildman–Crippen LogP) is 1.90. The molecule has 2 atom stereocenters. The van der Waals surface area contributed by atoms with Crippen LogP contribution in [0.25, 0.3) is 0 Å². The van der Waals surface area contributed by atoms with E-state index in [1.165, 1.54) is 4.90 Å². The number of hydrogen-bond donors (Lipinski definition) is 1. The predicted molar refractivity (Wildman–Crippen MR) is 68.3 cm³/mol. The Morgan fingerprint density at radius 1 is 1.37 bits per heavy atom. The van der Waals surface area contributed by atoms with E-state index in [-0.39, 0.29) is 5.91 Å². The van der Waals surface area contributed by atoms with Crippen molar-refractivity contribution in [3.8, 4) is 0 Å². The largest absolute Gasteiger partial charge is 0.481 e. The molecule has 1 saturated carbocycles. The number of amides is 1. The van der Waals surface area contributed by atoms with E-state index in [4.69, 9.17) is 9.52 Å². The van der Waals surface area contributed by atoms with Crippen LogP contribution in [0.4, 0.5) is 0 Å². The summed E-state index contributed by atoms with van der Waals surface area (Å²) in [4.78, 5) is 24.9. The van der Waals surface area contributed by atoms with Crippen LogP contribution in [0.15, 0.2) is 16.5 Å². The summed E-state index contributed by atoms with van der Waals surface area (Å²) in [5, 5.41) is 9.09. The van der Waals surface area contributed by atoms with Crippen molar-refractivity contribution < 1.29 is 19.1 Å². The minimum Gasteiger partial charge on any atom is -0.481 e. The maximum absolute atomic E-state index is 12.3. The van der Waals surface area contributed by atoms with Crippen LogP contribution in [0.1, 0.15) is 25.4 Å². The zero-order valence-electron chi connectivity index (χ0n) is 11.6. The lowest BCUT2D eigenvalue weighted by molar-refractivity contribution is -0.141. The monoisotopic (exact) mass is 265 g/mol. The Kier molecular flexibility index (Phi) is 3.16. The summed E-state index contributed by atoms with van der Waals surface area (Å²) in [6.45, 7) is 5.85. The van der Waals surface area contributed by atoms with E-state index in [2.05, 4.69) is 0 Å². The number of carboxylic acids is 1. The van der Waals surface area contributed by atoms with Crippen LogP contribution in [-0.2, 0) is 16.1 Å². The van der Waals surface area contributed by atoms with Gasteiger partial charge in [-0.2, -0.15) is 0 Å². The summed E-state index contributed by atoms with van der Waals surface area (Å²) in [5.41, 5.74) is -0.462. The molecule has 0 unspecified atom stereocenters. The van der Waals surface area contributed by atoms with Gasteiger partial charge in [0.25, 0.3) is 0 Å². The molecular weight excluding hydrogens is 246 g/mol. The van der Waals surface area contributed by atoms with Gasteiger partial charge in [-0.3, -0.25) is 9.59 Å². The van der Waals surface area contributed by atoms with Crippen LogP contribution in [-0.4, -0.2) is 28.9 Å². The second-order valence-electron chi connectivity index (χ2n) is 5.82. The number of rotatable bonds is 4. The lowest BCUT2D eigenvalue weighted by Gasteiger charge is -2.16. The van der Waals surface area contributed by atoms with E-state index in [9.17, 15) is 9.59 Å². The molecule has 19 heavy (non-hydrogen) atoms. The van der Waals surface area contributed by atoms with Gasteiger partial charge < -0.3 is 14.4 Å². The van der Waals surface area contributed by atoms with Gasteiger partial charge in [-0.25, -0.2) is 0 Å². The number of aliphatic carboxylic acids is 1. The van der Waals surface area contributed by atoms with Crippen LogP contribution < -0.4 is 0 Å². The van der Waals surface area contributed by atoms with E-state index in [1.807, 2.05) is 32.9 Å². The summed E-state index contributed by atoms with van der Waals surface area (Å²) >= 11 is 0. The van der Waals surface area contributed by atoms with Gasteiger partial charge in [-0.15, -0.1) is 0 Å². The van der Waals surface area contributed by atoms with Gasteiger partial charge in [-0.1, -0.05) is 13.8 Å². The third-order valence-electron chi connectivity index (χ3n) is 3.92. The summed E-state index contributed by atoms with van der Waals surface area (Å²) in [5.74, 6) is -0.548. The minimum absolute atomic E-state index is 0.133. The van der Waals surface area contributed by atoms with Crippen molar-refractivity contribution in [1.29, 1.82) is 0 Å². The molecule has 0 spiro atoms. The van der Waals surface area contributed by atoms with Crippen LogP contribution in [0.2, 0.25) is 0 Å². The molecule has 0 radical (unpaired) electrons. The van der Waals surface area contributed by atoms with Crippen molar-refractivity contribution in [1.82, 2.24) is 4.90 Å². The molecule has 1 aromatic rings. The average Bonchev–Trinajstić information content (AvgIpc) is 2.63. The zero-order chi connectivity index (χ0) is 14.4. The van der Waals surface area contributed by atoms with Crippen molar-refractivity contribution >= 4 is 11.9 Å². The molecule has 1 N–H and O–H groups in total.